The molecule has 24 heavy (non-hydrogen) atoms. The first-order valence-electron chi connectivity index (χ1n) is 7.68. The van der Waals surface area contributed by atoms with Crippen molar-refractivity contribution in [2.75, 3.05) is 10.2 Å². The molecule has 3 amide bonds. The largest absolute Gasteiger partial charge is 0.298 e. The number of carbonyl (C=O) groups is 3. The van der Waals surface area contributed by atoms with Crippen molar-refractivity contribution in [1.29, 1.82) is 0 Å². The van der Waals surface area contributed by atoms with E-state index in [9.17, 15) is 14.4 Å². The lowest BCUT2D eigenvalue weighted by Crippen LogP contribution is -2.28. The number of hydrogen-bond donors (Lipinski definition) is 1. The smallest absolute Gasteiger partial charge is 0.257 e. The third-order valence-corrected chi connectivity index (χ3v) is 4.53. The standard InChI is InChI=1S/C17H17N3O3S/c1-10(2)13-9-24-17(18-13)19-16(23)11-4-3-5-12(8-11)20-14(21)6-7-15(20)22/h3-5,8-10H,6-7H2,1-2H3,(H,18,19,23). The molecule has 0 aliphatic carbocycles. The Balaban J connectivity index is 1.79. The van der Waals surface area contributed by atoms with Crippen molar-refractivity contribution in [3.8, 4) is 0 Å². The lowest BCUT2D eigenvalue weighted by atomic mass is 10.1. The van der Waals surface area contributed by atoms with Crippen molar-refractivity contribution in [2.45, 2.75) is 32.6 Å². The van der Waals surface area contributed by atoms with E-state index in [1.54, 1.807) is 24.3 Å². The molecule has 1 saturated heterocycles. The number of imide groups is 1. The van der Waals surface area contributed by atoms with Gasteiger partial charge in [-0.3, -0.25) is 24.6 Å². The number of hydrogen-bond acceptors (Lipinski definition) is 5. The van der Waals surface area contributed by atoms with E-state index in [2.05, 4.69) is 10.3 Å². The molecule has 2 aromatic rings. The normalized spacial score (nSPS) is 14.5. The molecular formula is C17H17N3O3S. The van der Waals surface area contributed by atoms with Gasteiger partial charge in [-0.05, 0) is 24.1 Å². The summed E-state index contributed by atoms with van der Waals surface area (Å²) in [5, 5.41) is 5.20. The number of rotatable bonds is 4. The second kappa shape index (κ2) is 6.52. The van der Waals surface area contributed by atoms with Gasteiger partial charge in [0.15, 0.2) is 5.13 Å². The van der Waals surface area contributed by atoms with Crippen LogP contribution in [0.4, 0.5) is 10.8 Å². The summed E-state index contributed by atoms with van der Waals surface area (Å²) in [4.78, 5) is 41.5. The quantitative estimate of drug-likeness (QED) is 0.865. The van der Waals surface area contributed by atoms with Crippen LogP contribution in [0, 0.1) is 0 Å². The molecule has 3 rings (SSSR count). The Kier molecular flexibility index (Phi) is 4.44. The molecule has 2 heterocycles. The topological polar surface area (TPSA) is 79.4 Å². The highest BCUT2D eigenvalue weighted by Crippen LogP contribution is 2.25. The minimum atomic E-state index is -0.319. The number of carbonyl (C=O) groups excluding carboxylic acids is 3. The van der Waals surface area contributed by atoms with Gasteiger partial charge in [0.2, 0.25) is 11.8 Å². The van der Waals surface area contributed by atoms with Crippen LogP contribution in [0.1, 0.15) is 48.7 Å². The summed E-state index contributed by atoms with van der Waals surface area (Å²) in [5.41, 5.74) is 1.73. The average Bonchev–Trinajstić information content (AvgIpc) is 3.14. The van der Waals surface area contributed by atoms with Crippen LogP contribution in [0.15, 0.2) is 29.6 Å². The third-order valence-electron chi connectivity index (χ3n) is 3.75. The monoisotopic (exact) mass is 343 g/mol. The molecule has 0 bridgehead atoms. The van der Waals surface area contributed by atoms with Crippen LogP contribution in [0.25, 0.3) is 0 Å². The Morgan fingerprint density at radius 3 is 2.58 bits per heavy atom. The van der Waals surface area contributed by atoms with Crippen molar-refractivity contribution in [2.24, 2.45) is 0 Å². The van der Waals surface area contributed by atoms with Gasteiger partial charge in [0.05, 0.1) is 11.4 Å². The van der Waals surface area contributed by atoms with Crippen LogP contribution in [0.5, 0.6) is 0 Å². The molecule has 1 aromatic carbocycles. The predicted octanol–water partition coefficient (Wildman–Crippen LogP) is 3.17. The molecule has 1 aliphatic rings. The summed E-state index contributed by atoms with van der Waals surface area (Å²) in [5.74, 6) is -0.499. The molecule has 0 unspecified atom stereocenters. The maximum absolute atomic E-state index is 12.4. The number of amides is 3. The maximum Gasteiger partial charge on any atom is 0.257 e. The van der Waals surface area contributed by atoms with Crippen LogP contribution >= 0.6 is 11.3 Å². The highest BCUT2D eigenvalue weighted by atomic mass is 32.1. The van der Waals surface area contributed by atoms with Gasteiger partial charge in [-0.15, -0.1) is 11.3 Å². The highest BCUT2D eigenvalue weighted by molar-refractivity contribution is 7.14. The average molecular weight is 343 g/mol. The molecule has 7 heteroatoms. The Hall–Kier alpha value is -2.54. The van der Waals surface area contributed by atoms with Crippen LogP contribution in [0.3, 0.4) is 0 Å². The van der Waals surface area contributed by atoms with Crippen molar-refractivity contribution >= 4 is 39.9 Å². The molecule has 6 nitrogen and oxygen atoms in total. The summed E-state index contributed by atoms with van der Waals surface area (Å²) >= 11 is 1.37. The molecule has 1 aliphatic heterocycles. The van der Waals surface area contributed by atoms with Gasteiger partial charge in [-0.1, -0.05) is 19.9 Å². The third kappa shape index (κ3) is 3.21. The summed E-state index contributed by atoms with van der Waals surface area (Å²) < 4.78 is 0. The number of nitrogens with one attached hydrogen (secondary N) is 1. The van der Waals surface area contributed by atoms with E-state index in [0.717, 1.165) is 10.6 Å². The Morgan fingerprint density at radius 2 is 1.96 bits per heavy atom. The molecular weight excluding hydrogens is 326 g/mol. The summed E-state index contributed by atoms with van der Waals surface area (Å²) in [6.07, 6.45) is 0.429. The Bertz CT molecular complexity index is 797. The van der Waals surface area contributed by atoms with Gasteiger partial charge in [-0.25, -0.2) is 4.98 Å². The van der Waals surface area contributed by atoms with Gasteiger partial charge < -0.3 is 0 Å². The van der Waals surface area contributed by atoms with Crippen molar-refractivity contribution < 1.29 is 14.4 Å². The highest BCUT2D eigenvalue weighted by Gasteiger charge is 2.30. The van der Waals surface area contributed by atoms with Gasteiger partial charge in [0, 0.05) is 23.8 Å². The second-order valence-electron chi connectivity index (χ2n) is 5.86. The molecule has 0 atom stereocenters. The summed E-state index contributed by atoms with van der Waals surface area (Å²) in [7, 11) is 0. The molecule has 0 radical (unpaired) electrons. The van der Waals surface area contributed by atoms with Crippen molar-refractivity contribution in [1.82, 2.24) is 4.98 Å². The first kappa shape index (κ1) is 16.3. The van der Waals surface area contributed by atoms with E-state index in [1.807, 2.05) is 19.2 Å². The first-order valence-corrected chi connectivity index (χ1v) is 8.56. The Morgan fingerprint density at radius 1 is 1.25 bits per heavy atom. The minimum absolute atomic E-state index is 0.215. The van der Waals surface area contributed by atoms with E-state index < -0.39 is 0 Å². The molecule has 0 saturated carbocycles. The van der Waals surface area contributed by atoms with Crippen molar-refractivity contribution in [3.05, 3.63) is 40.9 Å². The van der Waals surface area contributed by atoms with Gasteiger partial charge in [-0.2, -0.15) is 0 Å². The molecule has 0 spiro atoms. The van der Waals surface area contributed by atoms with Crippen molar-refractivity contribution in [3.63, 3.8) is 0 Å². The fourth-order valence-electron chi connectivity index (χ4n) is 2.43. The summed E-state index contributed by atoms with van der Waals surface area (Å²) in [6.45, 7) is 4.07. The lowest BCUT2D eigenvalue weighted by Gasteiger charge is -2.14. The Labute approximate surface area is 143 Å². The molecule has 1 aromatic heterocycles. The van der Waals surface area contributed by atoms with Crippen LogP contribution in [-0.4, -0.2) is 22.7 Å². The van der Waals surface area contributed by atoms with E-state index in [0.29, 0.717) is 22.3 Å². The zero-order valence-electron chi connectivity index (χ0n) is 13.4. The second-order valence-corrected chi connectivity index (χ2v) is 6.72. The number of benzene rings is 1. The van der Waals surface area contributed by atoms with Crippen LogP contribution in [0.2, 0.25) is 0 Å². The number of aromatic nitrogens is 1. The molecule has 1 N–H and O–H groups in total. The lowest BCUT2D eigenvalue weighted by molar-refractivity contribution is -0.121. The fraction of sp³-hybridized carbons (Fsp3) is 0.294. The number of anilines is 2. The number of nitrogens with zero attached hydrogens (tertiary/aromatic N) is 2. The maximum atomic E-state index is 12.4. The van der Waals surface area contributed by atoms with Crippen LogP contribution < -0.4 is 10.2 Å². The van der Waals surface area contributed by atoms with E-state index in [1.165, 1.54) is 11.3 Å². The molecule has 1 fully saturated rings. The predicted molar refractivity (Wildman–Crippen MR) is 92.3 cm³/mol. The zero-order chi connectivity index (χ0) is 17.3. The first-order chi connectivity index (χ1) is 11.5. The van der Waals surface area contributed by atoms with Gasteiger partial charge >= 0.3 is 0 Å². The van der Waals surface area contributed by atoms with Crippen LogP contribution in [-0.2, 0) is 9.59 Å². The summed E-state index contributed by atoms with van der Waals surface area (Å²) in [6, 6.07) is 6.50. The SMILES string of the molecule is CC(C)c1csc(NC(=O)c2cccc(N3C(=O)CCC3=O)c2)n1. The van der Waals surface area contributed by atoms with Gasteiger partial charge in [0.25, 0.3) is 5.91 Å². The molecule has 124 valence electrons. The van der Waals surface area contributed by atoms with Gasteiger partial charge in [0.1, 0.15) is 0 Å². The van der Waals surface area contributed by atoms with E-state index in [-0.39, 0.29) is 30.6 Å². The number of thiazole rings is 1. The van der Waals surface area contributed by atoms with E-state index >= 15 is 0 Å². The zero-order valence-corrected chi connectivity index (χ0v) is 14.2. The van der Waals surface area contributed by atoms with E-state index in [4.69, 9.17) is 0 Å². The fourth-order valence-corrected chi connectivity index (χ4v) is 3.30. The minimum Gasteiger partial charge on any atom is -0.298 e.